The van der Waals surface area contributed by atoms with Gasteiger partial charge in [-0.25, -0.2) is 0 Å². The lowest BCUT2D eigenvalue weighted by molar-refractivity contribution is -0.143. The molecule has 0 aromatic heterocycles. The summed E-state index contributed by atoms with van der Waals surface area (Å²) in [5.41, 5.74) is -3.18. The maximum absolute atomic E-state index is 12.8. The number of hydrogen-bond acceptors (Lipinski definition) is 2. The molecule has 0 aliphatic heterocycles. The number of nitrogens with one attached hydrogen (secondary N) is 1. The number of halogens is 6. The molecule has 0 heterocycles. The van der Waals surface area contributed by atoms with E-state index in [9.17, 15) is 36.2 Å². The highest BCUT2D eigenvalue weighted by atomic mass is 19.4. The van der Waals surface area contributed by atoms with E-state index in [1.807, 2.05) is 0 Å². The Bertz CT molecular complexity index is 754. The number of rotatable bonds is 5. The topological polar surface area (TPSA) is 49.3 Å². The van der Waals surface area contributed by atoms with Crippen LogP contribution in [0.5, 0.6) is 0 Å². The van der Waals surface area contributed by atoms with E-state index in [4.69, 9.17) is 0 Å². The number of amides is 1. The van der Waals surface area contributed by atoms with Gasteiger partial charge in [-0.1, -0.05) is 30.3 Å². The van der Waals surface area contributed by atoms with Crippen molar-refractivity contribution in [3.8, 4) is 0 Å². The molecule has 2 N–H and O–H groups in total. The smallest absolute Gasteiger partial charge is 0.391 e. The number of carbonyl (C=O) groups is 1. The van der Waals surface area contributed by atoms with Crippen molar-refractivity contribution in [2.75, 3.05) is 6.54 Å². The van der Waals surface area contributed by atoms with Gasteiger partial charge >= 0.3 is 12.4 Å². The van der Waals surface area contributed by atoms with Crippen molar-refractivity contribution in [1.82, 2.24) is 5.32 Å². The first-order valence-electron chi connectivity index (χ1n) is 7.76. The SMILES string of the molecule is O=C(NCC(O)Cc1ccccc1)c1cc(C(F)(F)F)cc(C(F)(F)F)c1. The van der Waals surface area contributed by atoms with Crippen molar-refractivity contribution in [3.63, 3.8) is 0 Å². The number of aliphatic hydroxyl groups excluding tert-OH is 1. The van der Waals surface area contributed by atoms with E-state index in [1.165, 1.54) is 0 Å². The summed E-state index contributed by atoms with van der Waals surface area (Å²) in [5, 5.41) is 12.0. The van der Waals surface area contributed by atoms with E-state index in [-0.39, 0.29) is 19.0 Å². The van der Waals surface area contributed by atoms with Gasteiger partial charge in [0.25, 0.3) is 5.91 Å². The maximum atomic E-state index is 12.8. The first kappa shape index (κ1) is 20.8. The van der Waals surface area contributed by atoms with Crippen LogP contribution in [0, 0.1) is 0 Å². The monoisotopic (exact) mass is 391 g/mol. The van der Waals surface area contributed by atoms with Crippen LogP contribution in [0.2, 0.25) is 0 Å². The third-order valence-electron chi connectivity index (χ3n) is 3.66. The maximum Gasteiger partial charge on any atom is 0.416 e. The van der Waals surface area contributed by atoms with Gasteiger partial charge < -0.3 is 10.4 Å². The Morgan fingerprint density at radius 2 is 1.44 bits per heavy atom. The highest BCUT2D eigenvalue weighted by molar-refractivity contribution is 5.94. The van der Waals surface area contributed by atoms with Crippen LogP contribution in [0.3, 0.4) is 0 Å². The largest absolute Gasteiger partial charge is 0.416 e. The minimum atomic E-state index is -5.04. The lowest BCUT2D eigenvalue weighted by Crippen LogP contribution is -2.33. The number of alkyl halides is 6. The molecule has 1 unspecified atom stereocenters. The van der Waals surface area contributed by atoms with Crippen LogP contribution in [0.1, 0.15) is 27.0 Å². The minimum absolute atomic E-state index is 0.0545. The van der Waals surface area contributed by atoms with E-state index in [0.717, 1.165) is 5.56 Å². The Hall–Kier alpha value is -2.55. The van der Waals surface area contributed by atoms with Gasteiger partial charge in [0.15, 0.2) is 0 Å². The van der Waals surface area contributed by atoms with Crippen LogP contribution in [0.25, 0.3) is 0 Å². The molecule has 0 saturated heterocycles. The molecule has 2 aromatic rings. The average molecular weight is 391 g/mol. The predicted molar refractivity (Wildman–Crippen MR) is 84.9 cm³/mol. The molecule has 0 bridgehead atoms. The van der Waals surface area contributed by atoms with Crippen LogP contribution in [-0.2, 0) is 18.8 Å². The van der Waals surface area contributed by atoms with Crippen molar-refractivity contribution in [2.45, 2.75) is 24.9 Å². The zero-order valence-electron chi connectivity index (χ0n) is 13.7. The second-order valence-electron chi connectivity index (χ2n) is 5.85. The quantitative estimate of drug-likeness (QED) is 0.756. The number of carbonyl (C=O) groups excluding carboxylic acids is 1. The molecule has 9 heteroatoms. The molecular formula is C18H15F6NO2. The van der Waals surface area contributed by atoms with Crippen molar-refractivity contribution < 1.29 is 36.2 Å². The predicted octanol–water partition coefficient (Wildman–Crippen LogP) is 4.06. The molecule has 27 heavy (non-hydrogen) atoms. The number of benzene rings is 2. The zero-order chi connectivity index (χ0) is 20.2. The van der Waals surface area contributed by atoms with Gasteiger partial charge in [0.2, 0.25) is 0 Å². The van der Waals surface area contributed by atoms with Gasteiger partial charge in [-0.3, -0.25) is 4.79 Å². The van der Waals surface area contributed by atoms with Gasteiger partial charge in [-0.15, -0.1) is 0 Å². The molecule has 0 saturated carbocycles. The van der Waals surface area contributed by atoms with Crippen LogP contribution in [0.15, 0.2) is 48.5 Å². The first-order valence-corrected chi connectivity index (χ1v) is 7.76. The Morgan fingerprint density at radius 3 is 1.93 bits per heavy atom. The number of hydrogen-bond donors (Lipinski definition) is 2. The van der Waals surface area contributed by atoms with Crippen molar-refractivity contribution >= 4 is 5.91 Å². The Balaban J connectivity index is 2.13. The summed E-state index contributed by atoms with van der Waals surface area (Å²) in [4.78, 5) is 12.0. The molecule has 1 atom stereocenters. The van der Waals surface area contributed by atoms with E-state index >= 15 is 0 Å². The molecule has 0 radical (unpaired) electrons. The first-order chi connectivity index (χ1) is 12.5. The van der Waals surface area contributed by atoms with Crippen molar-refractivity contribution in [1.29, 1.82) is 0 Å². The van der Waals surface area contributed by atoms with E-state index in [1.54, 1.807) is 30.3 Å². The highest BCUT2D eigenvalue weighted by Gasteiger charge is 2.37. The summed E-state index contributed by atoms with van der Waals surface area (Å²) in [7, 11) is 0. The molecule has 0 spiro atoms. The van der Waals surface area contributed by atoms with Crippen molar-refractivity contribution in [2.24, 2.45) is 0 Å². The van der Waals surface area contributed by atoms with Crippen molar-refractivity contribution in [3.05, 3.63) is 70.8 Å². The summed E-state index contributed by atoms with van der Waals surface area (Å²) >= 11 is 0. The van der Waals surface area contributed by atoms with Gasteiger partial charge in [0.05, 0.1) is 17.2 Å². The molecular weight excluding hydrogens is 376 g/mol. The third-order valence-corrected chi connectivity index (χ3v) is 3.66. The van der Waals surface area contributed by atoms with Crippen LogP contribution in [-0.4, -0.2) is 23.7 Å². The fourth-order valence-corrected chi connectivity index (χ4v) is 2.36. The lowest BCUT2D eigenvalue weighted by Gasteiger charge is -2.15. The van der Waals surface area contributed by atoms with Gasteiger partial charge in [-0.05, 0) is 23.8 Å². The van der Waals surface area contributed by atoms with Gasteiger partial charge in [0.1, 0.15) is 0 Å². The summed E-state index contributed by atoms with van der Waals surface area (Å²) in [6.07, 6.45) is -11.0. The van der Waals surface area contributed by atoms with E-state index in [2.05, 4.69) is 5.32 Å². The zero-order valence-corrected chi connectivity index (χ0v) is 13.7. The summed E-state index contributed by atoms with van der Waals surface area (Å²) in [6, 6.07) is 9.33. The molecule has 2 rings (SSSR count). The third kappa shape index (κ3) is 5.99. The fourth-order valence-electron chi connectivity index (χ4n) is 2.36. The molecule has 0 aliphatic rings. The van der Waals surface area contributed by atoms with Gasteiger partial charge in [-0.2, -0.15) is 26.3 Å². The minimum Gasteiger partial charge on any atom is -0.391 e. The highest BCUT2D eigenvalue weighted by Crippen LogP contribution is 2.36. The molecule has 0 fully saturated rings. The van der Waals surface area contributed by atoms with E-state index in [0.29, 0.717) is 12.1 Å². The Kier molecular flexibility index (Phi) is 6.15. The summed E-state index contributed by atoms with van der Waals surface area (Å²) in [6.45, 7) is -0.328. The molecule has 0 aliphatic carbocycles. The Labute approximate surface area is 150 Å². The fraction of sp³-hybridized carbons (Fsp3) is 0.278. The molecule has 3 nitrogen and oxygen atoms in total. The number of aliphatic hydroxyl groups is 1. The van der Waals surface area contributed by atoms with Crippen LogP contribution >= 0.6 is 0 Å². The Morgan fingerprint density at radius 1 is 0.926 bits per heavy atom. The normalized spacial score (nSPS) is 13.3. The standard InChI is InChI=1S/C18H15F6NO2/c19-17(20,21)13-7-12(8-14(9-13)18(22,23)24)16(27)25-10-15(26)6-11-4-2-1-3-5-11/h1-5,7-9,15,26H,6,10H2,(H,25,27). The lowest BCUT2D eigenvalue weighted by atomic mass is 10.0. The van der Waals surface area contributed by atoms with Crippen LogP contribution < -0.4 is 5.32 Å². The van der Waals surface area contributed by atoms with E-state index < -0.39 is 41.1 Å². The summed E-state index contributed by atoms with van der Waals surface area (Å²) < 4.78 is 76.9. The molecule has 146 valence electrons. The second kappa shape index (κ2) is 7.99. The van der Waals surface area contributed by atoms with Gasteiger partial charge in [0, 0.05) is 18.5 Å². The average Bonchev–Trinajstić information content (AvgIpc) is 2.58. The molecule has 1 amide bonds. The summed E-state index contributed by atoms with van der Waals surface area (Å²) in [5.74, 6) is -1.14. The van der Waals surface area contributed by atoms with Crippen LogP contribution in [0.4, 0.5) is 26.3 Å². The molecule has 2 aromatic carbocycles. The second-order valence-corrected chi connectivity index (χ2v) is 5.85.